The van der Waals surface area contributed by atoms with Crippen molar-refractivity contribution in [3.63, 3.8) is 0 Å². The monoisotopic (exact) mass is 312 g/mol. The molecule has 0 radical (unpaired) electrons. The Kier molecular flexibility index (Phi) is 4.29. The molecular weight excluding hydrogens is 296 g/mol. The largest absolute Gasteiger partial charge is 0.478 e. The second kappa shape index (κ2) is 5.82. The molecule has 1 saturated heterocycles. The number of anilines is 1. The third-order valence-electron chi connectivity index (χ3n) is 3.35. The van der Waals surface area contributed by atoms with Crippen LogP contribution in [0.15, 0.2) is 24.3 Å². The lowest BCUT2D eigenvalue weighted by molar-refractivity contribution is -0.119. The Morgan fingerprint density at radius 2 is 2.00 bits per heavy atom. The van der Waals surface area contributed by atoms with Gasteiger partial charge in [-0.3, -0.25) is 4.79 Å². The lowest BCUT2D eigenvalue weighted by atomic mass is 10.1. The Morgan fingerprint density at radius 1 is 1.33 bits per heavy atom. The fourth-order valence-electron chi connectivity index (χ4n) is 2.39. The van der Waals surface area contributed by atoms with E-state index in [1.807, 2.05) is 0 Å². The van der Waals surface area contributed by atoms with Gasteiger partial charge in [-0.05, 0) is 25.0 Å². The molecule has 114 valence electrons. The number of hydrogen-bond acceptors (Lipinski definition) is 4. The Bertz CT molecular complexity index is 671. The summed E-state index contributed by atoms with van der Waals surface area (Å²) in [5.41, 5.74) is 0.130. The van der Waals surface area contributed by atoms with Crippen LogP contribution in [0.5, 0.6) is 0 Å². The summed E-state index contributed by atoms with van der Waals surface area (Å²) in [6.07, 6.45) is 2.09. The van der Waals surface area contributed by atoms with Crippen molar-refractivity contribution in [2.45, 2.75) is 18.9 Å². The number of carboxylic acids is 1. The normalized spacial score (nSPS) is 19.4. The maximum atomic E-state index is 12.2. The van der Waals surface area contributed by atoms with E-state index in [9.17, 15) is 18.0 Å². The van der Waals surface area contributed by atoms with Gasteiger partial charge in [0.25, 0.3) is 0 Å². The summed E-state index contributed by atoms with van der Waals surface area (Å²) in [5.74, 6) is -1.66. The molecule has 2 N–H and O–H groups in total. The molecule has 1 unspecified atom stereocenters. The minimum atomic E-state index is -3.46. The van der Waals surface area contributed by atoms with Crippen molar-refractivity contribution >= 4 is 27.6 Å². The number of para-hydroxylation sites is 1. The second-order valence-corrected chi connectivity index (χ2v) is 6.81. The number of carbonyl (C=O) groups excluding carboxylic acids is 1. The minimum Gasteiger partial charge on any atom is -0.478 e. The molecule has 1 aromatic rings. The summed E-state index contributed by atoms with van der Waals surface area (Å²) in [4.78, 5) is 23.3. The number of hydrogen-bond donors (Lipinski definition) is 2. The van der Waals surface area contributed by atoms with Crippen LogP contribution < -0.4 is 5.32 Å². The number of sulfonamides is 1. The summed E-state index contributed by atoms with van der Waals surface area (Å²) in [5, 5.41) is 11.6. The van der Waals surface area contributed by atoms with Crippen LogP contribution in [0.1, 0.15) is 23.2 Å². The molecule has 0 bridgehead atoms. The molecule has 1 fully saturated rings. The first-order valence-corrected chi connectivity index (χ1v) is 8.25. The van der Waals surface area contributed by atoms with Gasteiger partial charge < -0.3 is 10.4 Å². The number of benzene rings is 1. The Labute approximate surface area is 122 Å². The maximum absolute atomic E-state index is 12.2. The van der Waals surface area contributed by atoms with Gasteiger partial charge in [0.15, 0.2) is 0 Å². The third kappa shape index (κ3) is 3.40. The van der Waals surface area contributed by atoms with Crippen LogP contribution in [-0.4, -0.2) is 48.5 Å². The lowest BCUT2D eigenvalue weighted by Crippen LogP contribution is -2.42. The summed E-state index contributed by atoms with van der Waals surface area (Å²) in [6, 6.07) is 5.21. The number of aromatic carboxylic acids is 1. The van der Waals surface area contributed by atoms with E-state index in [0.29, 0.717) is 19.4 Å². The molecular formula is C13H16N2O5S. The quantitative estimate of drug-likeness (QED) is 0.853. The predicted molar refractivity (Wildman–Crippen MR) is 76.6 cm³/mol. The molecule has 7 nitrogen and oxygen atoms in total. The highest BCUT2D eigenvalue weighted by Crippen LogP contribution is 2.23. The van der Waals surface area contributed by atoms with Crippen molar-refractivity contribution < 1.29 is 23.1 Å². The number of carboxylic acid groups (broad SMARTS) is 1. The topological polar surface area (TPSA) is 104 Å². The Morgan fingerprint density at radius 3 is 2.62 bits per heavy atom. The summed E-state index contributed by atoms with van der Waals surface area (Å²) < 4.78 is 24.4. The molecule has 1 aliphatic heterocycles. The fraction of sp³-hybridized carbons (Fsp3) is 0.385. The van der Waals surface area contributed by atoms with E-state index >= 15 is 0 Å². The highest BCUT2D eigenvalue weighted by Gasteiger charge is 2.36. The number of amides is 1. The molecule has 0 spiro atoms. The van der Waals surface area contributed by atoms with E-state index < -0.39 is 27.9 Å². The number of nitrogens with one attached hydrogen (secondary N) is 1. The first-order valence-electron chi connectivity index (χ1n) is 6.40. The predicted octanol–water partition coefficient (Wildman–Crippen LogP) is 0.747. The van der Waals surface area contributed by atoms with Gasteiger partial charge in [0, 0.05) is 6.54 Å². The van der Waals surface area contributed by atoms with Crippen molar-refractivity contribution in [2.75, 3.05) is 18.1 Å². The third-order valence-corrected chi connectivity index (χ3v) is 4.64. The molecule has 1 aliphatic rings. The zero-order valence-corrected chi connectivity index (χ0v) is 12.3. The molecule has 0 aromatic heterocycles. The van der Waals surface area contributed by atoms with Crippen molar-refractivity contribution in [2.24, 2.45) is 0 Å². The van der Waals surface area contributed by atoms with E-state index in [0.717, 1.165) is 10.6 Å². The van der Waals surface area contributed by atoms with Crippen LogP contribution in [-0.2, 0) is 14.8 Å². The zero-order chi connectivity index (χ0) is 15.6. The van der Waals surface area contributed by atoms with E-state index in [1.165, 1.54) is 12.1 Å². The van der Waals surface area contributed by atoms with Crippen molar-refractivity contribution in [1.29, 1.82) is 0 Å². The molecule has 8 heteroatoms. The molecule has 0 aliphatic carbocycles. The summed E-state index contributed by atoms with van der Waals surface area (Å²) in [7, 11) is -3.46. The SMILES string of the molecule is CS(=O)(=O)N1CCCC1C(=O)Nc1ccccc1C(=O)O. The second-order valence-electron chi connectivity index (χ2n) is 4.87. The number of carbonyl (C=O) groups is 2. The maximum Gasteiger partial charge on any atom is 0.337 e. The number of nitrogens with zero attached hydrogens (tertiary/aromatic N) is 1. The summed E-state index contributed by atoms with van der Waals surface area (Å²) >= 11 is 0. The van der Waals surface area contributed by atoms with Crippen LogP contribution in [0.4, 0.5) is 5.69 Å². The molecule has 2 rings (SSSR count). The van der Waals surface area contributed by atoms with Crippen molar-refractivity contribution in [1.82, 2.24) is 4.31 Å². The minimum absolute atomic E-state index is 0.0326. The molecule has 1 atom stereocenters. The molecule has 1 amide bonds. The van der Waals surface area contributed by atoms with Gasteiger partial charge in [0.05, 0.1) is 17.5 Å². The Balaban J connectivity index is 2.21. The summed E-state index contributed by atoms with van der Waals surface area (Å²) in [6.45, 7) is 0.303. The average molecular weight is 312 g/mol. The molecule has 1 heterocycles. The van der Waals surface area contributed by atoms with Gasteiger partial charge in [-0.15, -0.1) is 0 Å². The highest BCUT2D eigenvalue weighted by molar-refractivity contribution is 7.88. The van der Waals surface area contributed by atoms with E-state index in [2.05, 4.69) is 5.32 Å². The standard InChI is InChI=1S/C13H16N2O5S/c1-21(19,20)15-8-4-7-11(15)12(16)14-10-6-3-2-5-9(10)13(17)18/h2-3,5-6,11H,4,7-8H2,1H3,(H,14,16)(H,17,18). The molecule has 1 aromatic carbocycles. The van der Waals surface area contributed by atoms with E-state index in [-0.39, 0.29) is 11.3 Å². The lowest BCUT2D eigenvalue weighted by Gasteiger charge is -2.21. The highest BCUT2D eigenvalue weighted by atomic mass is 32.2. The molecule has 0 saturated carbocycles. The average Bonchev–Trinajstić information content (AvgIpc) is 2.88. The Hall–Kier alpha value is -1.93. The van der Waals surface area contributed by atoms with Crippen molar-refractivity contribution in [3.05, 3.63) is 29.8 Å². The van der Waals surface area contributed by atoms with Crippen molar-refractivity contribution in [3.8, 4) is 0 Å². The van der Waals surface area contributed by atoms with Gasteiger partial charge in [-0.25, -0.2) is 13.2 Å². The van der Waals surface area contributed by atoms with Crippen LogP contribution >= 0.6 is 0 Å². The smallest absolute Gasteiger partial charge is 0.337 e. The first-order chi connectivity index (χ1) is 9.80. The first kappa shape index (κ1) is 15.5. The van der Waals surface area contributed by atoms with Gasteiger partial charge >= 0.3 is 5.97 Å². The van der Waals surface area contributed by atoms with Gasteiger partial charge in [-0.2, -0.15) is 4.31 Å². The zero-order valence-electron chi connectivity index (χ0n) is 11.4. The van der Waals surface area contributed by atoms with E-state index in [4.69, 9.17) is 5.11 Å². The van der Waals surface area contributed by atoms with Crippen LogP contribution in [0, 0.1) is 0 Å². The number of rotatable bonds is 4. The van der Waals surface area contributed by atoms with Crippen LogP contribution in [0.2, 0.25) is 0 Å². The molecule has 21 heavy (non-hydrogen) atoms. The van der Waals surface area contributed by atoms with Gasteiger partial charge in [0.1, 0.15) is 6.04 Å². The van der Waals surface area contributed by atoms with E-state index in [1.54, 1.807) is 12.1 Å². The van der Waals surface area contributed by atoms with Crippen LogP contribution in [0.25, 0.3) is 0 Å². The van der Waals surface area contributed by atoms with Gasteiger partial charge in [0.2, 0.25) is 15.9 Å². The fourth-order valence-corrected chi connectivity index (χ4v) is 3.52. The van der Waals surface area contributed by atoms with Gasteiger partial charge in [-0.1, -0.05) is 12.1 Å². The van der Waals surface area contributed by atoms with Crippen LogP contribution in [0.3, 0.4) is 0 Å².